The van der Waals surface area contributed by atoms with Crippen LogP contribution in [-0.4, -0.2) is 38.4 Å². The molecule has 9 heteroatoms. The lowest BCUT2D eigenvalue weighted by atomic mass is 10.1. The summed E-state index contributed by atoms with van der Waals surface area (Å²) in [6.45, 7) is 1.61. The van der Waals surface area contributed by atoms with Gasteiger partial charge in [0, 0.05) is 30.9 Å². The van der Waals surface area contributed by atoms with Crippen LogP contribution in [0.25, 0.3) is 0 Å². The van der Waals surface area contributed by atoms with Crippen molar-refractivity contribution in [2.24, 2.45) is 0 Å². The van der Waals surface area contributed by atoms with E-state index in [9.17, 15) is 21.6 Å². The van der Waals surface area contributed by atoms with E-state index in [0.29, 0.717) is 21.3 Å². The molecule has 1 N–H and O–H groups in total. The van der Waals surface area contributed by atoms with Crippen LogP contribution in [0.1, 0.15) is 18.1 Å². The van der Waals surface area contributed by atoms with Crippen LogP contribution >= 0.6 is 0 Å². The molecule has 1 heterocycles. The predicted molar refractivity (Wildman–Crippen MR) is 103 cm³/mol. The summed E-state index contributed by atoms with van der Waals surface area (Å²) < 4.78 is 66.4. The molecule has 2 aromatic rings. The van der Waals surface area contributed by atoms with Crippen molar-refractivity contribution in [1.82, 2.24) is 4.31 Å². The SMILES string of the molecule is CCc1ccccc1.COc1cccc2c1CN(S(=O)(=O)C(F)(F)F)CCN2. The molecule has 0 atom stereocenters. The Morgan fingerprint density at radius 3 is 2.32 bits per heavy atom. The molecule has 0 aromatic heterocycles. The third-order valence-corrected chi connectivity index (χ3v) is 5.82. The van der Waals surface area contributed by atoms with Gasteiger partial charge in [0.15, 0.2) is 0 Å². The summed E-state index contributed by atoms with van der Waals surface area (Å²) in [7, 11) is -3.97. The number of nitrogens with zero attached hydrogens (tertiary/aromatic N) is 1. The van der Waals surface area contributed by atoms with E-state index in [2.05, 4.69) is 36.5 Å². The minimum atomic E-state index is -5.35. The van der Waals surface area contributed by atoms with Crippen LogP contribution in [0.2, 0.25) is 0 Å². The molecule has 154 valence electrons. The van der Waals surface area contributed by atoms with Crippen molar-refractivity contribution in [2.75, 3.05) is 25.5 Å². The summed E-state index contributed by atoms with van der Waals surface area (Å²) in [5, 5.41) is 2.90. The lowest BCUT2D eigenvalue weighted by Crippen LogP contribution is -2.41. The first kappa shape index (κ1) is 22.0. The summed E-state index contributed by atoms with van der Waals surface area (Å²) in [5.41, 5.74) is -2.93. The molecule has 0 unspecified atom stereocenters. The number of benzene rings is 2. The van der Waals surface area contributed by atoms with E-state index in [4.69, 9.17) is 4.74 Å². The smallest absolute Gasteiger partial charge is 0.496 e. The number of halogens is 3. The van der Waals surface area contributed by atoms with Crippen molar-refractivity contribution in [2.45, 2.75) is 25.4 Å². The Morgan fingerprint density at radius 1 is 1.11 bits per heavy atom. The highest BCUT2D eigenvalue weighted by Gasteiger charge is 2.50. The standard InChI is InChI=1S/C11H13F3N2O3S.C8H10/c1-19-10-4-2-3-9-8(10)7-16(6-5-15-9)20(17,18)11(12,13)14;1-2-8-6-4-3-5-7-8/h2-4,15H,5-7H2,1H3;3-7H,2H2,1H3. The fourth-order valence-corrected chi connectivity index (χ4v) is 3.65. The molecular weight excluding hydrogens is 393 g/mol. The van der Waals surface area contributed by atoms with Crippen LogP contribution in [-0.2, 0) is 23.0 Å². The van der Waals surface area contributed by atoms with Crippen molar-refractivity contribution in [1.29, 1.82) is 0 Å². The molecule has 0 radical (unpaired) electrons. The summed E-state index contributed by atoms with van der Waals surface area (Å²) in [6.07, 6.45) is 1.14. The molecule has 0 bridgehead atoms. The third kappa shape index (κ3) is 5.17. The maximum Gasteiger partial charge on any atom is 0.511 e. The number of rotatable bonds is 3. The lowest BCUT2D eigenvalue weighted by molar-refractivity contribution is -0.0490. The Labute approximate surface area is 163 Å². The second-order valence-corrected chi connectivity index (χ2v) is 7.97. The largest absolute Gasteiger partial charge is 0.511 e. The highest BCUT2D eigenvalue weighted by molar-refractivity contribution is 7.89. The maximum atomic E-state index is 12.6. The number of hydrogen-bond acceptors (Lipinski definition) is 4. The van der Waals surface area contributed by atoms with Crippen LogP contribution in [0.5, 0.6) is 5.75 Å². The second-order valence-electron chi connectivity index (χ2n) is 6.04. The molecule has 28 heavy (non-hydrogen) atoms. The molecule has 0 aliphatic carbocycles. The second kappa shape index (κ2) is 9.29. The van der Waals surface area contributed by atoms with E-state index in [-0.39, 0.29) is 19.6 Å². The van der Waals surface area contributed by atoms with Gasteiger partial charge < -0.3 is 10.1 Å². The Bertz CT molecular complexity index is 872. The monoisotopic (exact) mass is 416 g/mol. The first-order valence-electron chi connectivity index (χ1n) is 8.70. The first-order chi connectivity index (χ1) is 13.2. The van der Waals surface area contributed by atoms with E-state index >= 15 is 0 Å². The fourth-order valence-electron chi connectivity index (χ4n) is 2.72. The van der Waals surface area contributed by atoms with Crippen LogP contribution in [0.4, 0.5) is 18.9 Å². The van der Waals surface area contributed by atoms with Crippen molar-refractivity contribution in [3.63, 3.8) is 0 Å². The van der Waals surface area contributed by atoms with Gasteiger partial charge in [-0.05, 0) is 24.1 Å². The van der Waals surface area contributed by atoms with Crippen LogP contribution < -0.4 is 10.1 Å². The number of hydrogen-bond donors (Lipinski definition) is 1. The van der Waals surface area contributed by atoms with Gasteiger partial charge in [0.25, 0.3) is 0 Å². The molecule has 3 rings (SSSR count). The molecule has 0 spiro atoms. The van der Waals surface area contributed by atoms with Crippen molar-refractivity contribution in [3.8, 4) is 5.75 Å². The average Bonchev–Trinajstić information content (AvgIpc) is 2.91. The van der Waals surface area contributed by atoms with Gasteiger partial charge in [-0.2, -0.15) is 17.5 Å². The van der Waals surface area contributed by atoms with Gasteiger partial charge in [0.2, 0.25) is 0 Å². The zero-order valence-electron chi connectivity index (χ0n) is 15.7. The van der Waals surface area contributed by atoms with Crippen LogP contribution in [0.3, 0.4) is 0 Å². The van der Waals surface area contributed by atoms with Gasteiger partial charge in [-0.1, -0.05) is 43.3 Å². The van der Waals surface area contributed by atoms with Gasteiger partial charge in [0.05, 0.1) is 7.11 Å². The molecule has 1 aliphatic heterocycles. The molecular formula is C19H23F3N2O3S. The Balaban J connectivity index is 0.000000292. The van der Waals surface area contributed by atoms with Crippen molar-refractivity contribution >= 4 is 15.7 Å². The van der Waals surface area contributed by atoms with Crippen LogP contribution in [0, 0.1) is 0 Å². The van der Waals surface area contributed by atoms with Gasteiger partial charge >= 0.3 is 15.5 Å². The molecule has 5 nitrogen and oxygen atoms in total. The number of nitrogens with one attached hydrogen (secondary N) is 1. The number of aryl methyl sites for hydroxylation is 1. The van der Waals surface area contributed by atoms with E-state index < -0.39 is 15.5 Å². The van der Waals surface area contributed by atoms with Gasteiger partial charge in [-0.25, -0.2) is 8.42 Å². The maximum absolute atomic E-state index is 12.6. The van der Waals surface area contributed by atoms with E-state index in [1.54, 1.807) is 18.2 Å². The van der Waals surface area contributed by atoms with Gasteiger partial charge in [0.1, 0.15) is 5.75 Å². The molecule has 2 aromatic carbocycles. The lowest BCUT2D eigenvalue weighted by Gasteiger charge is -2.21. The van der Waals surface area contributed by atoms with Crippen LogP contribution in [0.15, 0.2) is 48.5 Å². The number of ether oxygens (including phenoxy) is 1. The Hall–Kier alpha value is -2.26. The fraction of sp³-hybridized carbons (Fsp3) is 0.368. The summed E-state index contributed by atoms with van der Waals surface area (Å²) >= 11 is 0. The molecule has 0 fully saturated rings. The number of fused-ring (bicyclic) bond motifs is 1. The Kier molecular flexibility index (Phi) is 7.31. The van der Waals surface area contributed by atoms with E-state index in [1.165, 1.54) is 12.7 Å². The van der Waals surface area contributed by atoms with Gasteiger partial charge in [-0.15, -0.1) is 0 Å². The highest BCUT2D eigenvalue weighted by Crippen LogP contribution is 2.34. The zero-order chi connectivity index (χ0) is 20.8. The molecule has 1 aliphatic rings. The summed E-state index contributed by atoms with van der Waals surface area (Å²) in [4.78, 5) is 0. The number of anilines is 1. The van der Waals surface area contributed by atoms with Gasteiger partial charge in [-0.3, -0.25) is 0 Å². The minimum Gasteiger partial charge on any atom is -0.496 e. The quantitative estimate of drug-likeness (QED) is 0.821. The molecule has 0 amide bonds. The van der Waals surface area contributed by atoms with Crippen molar-refractivity contribution < 1.29 is 26.3 Å². The first-order valence-corrected chi connectivity index (χ1v) is 10.1. The summed E-state index contributed by atoms with van der Waals surface area (Å²) in [5.74, 6) is 0.347. The third-order valence-electron chi connectivity index (χ3n) is 4.25. The van der Waals surface area contributed by atoms with E-state index in [0.717, 1.165) is 6.42 Å². The number of alkyl halides is 3. The van der Waals surface area contributed by atoms with Crippen molar-refractivity contribution in [3.05, 3.63) is 59.7 Å². The normalized spacial score (nSPS) is 14.8. The van der Waals surface area contributed by atoms with E-state index in [1.807, 2.05) is 6.07 Å². The average molecular weight is 416 g/mol. The zero-order valence-corrected chi connectivity index (χ0v) is 16.5. The minimum absolute atomic E-state index is 0.0927. The number of methoxy groups -OCH3 is 1. The predicted octanol–water partition coefficient (Wildman–Crippen LogP) is 4.02. The topological polar surface area (TPSA) is 58.6 Å². The molecule has 0 saturated carbocycles. The molecule has 0 saturated heterocycles. The highest BCUT2D eigenvalue weighted by atomic mass is 32.2. The number of sulfonamides is 1. The summed E-state index contributed by atoms with van der Waals surface area (Å²) in [6, 6.07) is 15.4. The Morgan fingerprint density at radius 2 is 1.79 bits per heavy atom.